The number of sulfonamides is 1. The van der Waals surface area contributed by atoms with E-state index in [1.54, 1.807) is 24.3 Å². The smallest absolute Gasteiger partial charge is 0.321 e. The van der Waals surface area contributed by atoms with Crippen molar-refractivity contribution in [2.45, 2.75) is 18.2 Å². The Hall–Kier alpha value is -1.40. The summed E-state index contributed by atoms with van der Waals surface area (Å²) in [6, 6.07) is 6.61. The Balaban J connectivity index is 2.94. The molecule has 0 amide bonds. The SMILES string of the molecule is CCc1ccc(S(=O)(=O)N(C)CC(=O)OC)cc1. The zero-order valence-corrected chi connectivity index (χ0v) is 11.5. The maximum Gasteiger partial charge on any atom is 0.321 e. The fraction of sp³-hybridized carbons (Fsp3) is 0.417. The van der Waals surface area contributed by atoms with Crippen molar-refractivity contribution in [2.24, 2.45) is 0 Å². The first kappa shape index (κ1) is 14.7. The van der Waals surface area contributed by atoms with E-state index < -0.39 is 16.0 Å². The molecule has 0 N–H and O–H groups in total. The van der Waals surface area contributed by atoms with E-state index in [1.807, 2.05) is 6.92 Å². The number of benzene rings is 1. The molecule has 1 rings (SSSR count). The number of nitrogens with zero attached hydrogens (tertiary/aromatic N) is 1. The van der Waals surface area contributed by atoms with Crippen LogP contribution in [0.2, 0.25) is 0 Å². The fourth-order valence-corrected chi connectivity index (χ4v) is 2.52. The largest absolute Gasteiger partial charge is 0.468 e. The van der Waals surface area contributed by atoms with Gasteiger partial charge in [-0.1, -0.05) is 19.1 Å². The number of esters is 1. The Morgan fingerprint density at radius 2 is 1.83 bits per heavy atom. The number of hydrogen-bond donors (Lipinski definition) is 0. The molecular formula is C12H17NO4S. The van der Waals surface area contributed by atoms with Crippen molar-refractivity contribution < 1.29 is 17.9 Å². The summed E-state index contributed by atoms with van der Waals surface area (Å²) in [5, 5.41) is 0. The topological polar surface area (TPSA) is 63.7 Å². The molecule has 0 heterocycles. The van der Waals surface area contributed by atoms with Gasteiger partial charge in [0.25, 0.3) is 0 Å². The monoisotopic (exact) mass is 271 g/mol. The molecule has 5 nitrogen and oxygen atoms in total. The van der Waals surface area contributed by atoms with Gasteiger partial charge in [0, 0.05) is 7.05 Å². The van der Waals surface area contributed by atoms with Crippen molar-refractivity contribution >= 4 is 16.0 Å². The molecule has 1 aromatic carbocycles. The van der Waals surface area contributed by atoms with Gasteiger partial charge in [-0.15, -0.1) is 0 Å². The highest BCUT2D eigenvalue weighted by Gasteiger charge is 2.22. The van der Waals surface area contributed by atoms with Crippen molar-refractivity contribution in [1.29, 1.82) is 0 Å². The number of aryl methyl sites for hydroxylation is 1. The Kier molecular flexibility index (Phi) is 4.86. The van der Waals surface area contributed by atoms with Crippen LogP contribution < -0.4 is 0 Å². The van der Waals surface area contributed by atoms with E-state index in [2.05, 4.69) is 4.74 Å². The Bertz CT molecular complexity index is 507. The quantitative estimate of drug-likeness (QED) is 0.751. The maximum absolute atomic E-state index is 12.1. The lowest BCUT2D eigenvalue weighted by Gasteiger charge is -2.15. The third-order valence-electron chi connectivity index (χ3n) is 2.62. The Labute approximate surface area is 107 Å². The second-order valence-corrected chi connectivity index (χ2v) is 5.88. The number of likely N-dealkylation sites (N-methyl/N-ethyl adjacent to an activating group) is 1. The molecule has 0 spiro atoms. The molecule has 0 aromatic heterocycles. The van der Waals surface area contributed by atoms with Crippen LogP contribution in [0.25, 0.3) is 0 Å². The molecule has 0 aliphatic carbocycles. The molecule has 100 valence electrons. The van der Waals surface area contributed by atoms with E-state index in [0.717, 1.165) is 16.3 Å². The number of carbonyl (C=O) groups excluding carboxylic acids is 1. The Morgan fingerprint density at radius 1 is 1.28 bits per heavy atom. The van der Waals surface area contributed by atoms with Crippen molar-refractivity contribution in [3.63, 3.8) is 0 Å². The predicted octanol–water partition coefficient (Wildman–Crippen LogP) is 1.04. The molecule has 0 aliphatic heterocycles. The van der Waals surface area contributed by atoms with Gasteiger partial charge >= 0.3 is 5.97 Å². The molecule has 0 radical (unpaired) electrons. The van der Waals surface area contributed by atoms with Crippen LogP contribution in [-0.4, -0.2) is 39.4 Å². The van der Waals surface area contributed by atoms with E-state index in [-0.39, 0.29) is 11.4 Å². The maximum atomic E-state index is 12.1. The normalized spacial score (nSPS) is 11.6. The van der Waals surface area contributed by atoms with Crippen molar-refractivity contribution in [1.82, 2.24) is 4.31 Å². The number of ether oxygens (including phenoxy) is 1. The van der Waals surface area contributed by atoms with Crippen LogP contribution in [0.5, 0.6) is 0 Å². The number of carbonyl (C=O) groups is 1. The molecule has 0 atom stereocenters. The van der Waals surface area contributed by atoms with Crippen LogP contribution in [0.4, 0.5) is 0 Å². The molecule has 0 aliphatic rings. The van der Waals surface area contributed by atoms with Crippen molar-refractivity contribution in [3.05, 3.63) is 29.8 Å². The zero-order chi connectivity index (χ0) is 13.8. The lowest BCUT2D eigenvalue weighted by atomic mass is 10.2. The molecule has 1 aromatic rings. The van der Waals surface area contributed by atoms with Gasteiger partial charge in [-0.3, -0.25) is 4.79 Å². The van der Waals surface area contributed by atoms with E-state index >= 15 is 0 Å². The van der Waals surface area contributed by atoms with E-state index in [9.17, 15) is 13.2 Å². The second-order valence-electron chi connectivity index (χ2n) is 3.83. The van der Waals surface area contributed by atoms with Crippen LogP contribution in [0.15, 0.2) is 29.2 Å². The summed E-state index contributed by atoms with van der Waals surface area (Å²) in [7, 11) is -1.07. The van der Waals surface area contributed by atoms with Gasteiger partial charge in [0.15, 0.2) is 0 Å². The van der Waals surface area contributed by atoms with Crippen LogP contribution in [0.1, 0.15) is 12.5 Å². The van der Waals surface area contributed by atoms with Gasteiger partial charge < -0.3 is 4.74 Å². The number of methoxy groups -OCH3 is 1. The standard InChI is InChI=1S/C12H17NO4S/c1-4-10-5-7-11(8-6-10)18(15,16)13(2)9-12(14)17-3/h5-8H,4,9H2,1-3H3. The molecule has 18 heavy (non-hydrogen) atoms. The van der Waals surface area contributed by atoms with E-state index in [0.29, 0.717) is 0 Å². The predicted molar refractivity (Wildman–Crippen MR) is 67.7 cm³/mol. The summed E-state index contributed by atoms with van der Waals surface area (Å²) in [5.74, 6) is -0.591. The highest BCUT2D eigenvalue weighted by molar-refractivity contribution is 7.89. The zero-order valence-electron chi connectivity index (χ0n) is 10.7. The summed E-state index contributed by atoms with van der Waals surface area (Å²) in [6.45, 7) is 1.70. The minimum absolute atomic E-state index is 0.172. The molecule has 0 unspecified atom stereocenters. The van der Waals surface area contributed by atoms with Crippen LogP contribution >= 0.6 is 0 Å². The second kappa shape index (κ2) is 5.97. The summed E-state index contributed by atoms with van der Waals surface area (Å²) >= 11 is 0. The first-order valence-electron chi connectivity index (χ1n) is 5.54. The molecule has 0 fully saturated rings. The first-order valence-corrected chi connectivity index (χ1v) is 6.98. The summed E-state index contributed by atoms with van der Waals surface area (Å²) in [6.07, 6.45) is 0.846. The summed E-state index contributed by atoms with van der Waals surface area (Å²) in [5.41, 5.74) is 1.06. The van der Waals surface area contributed by atoms with Crippen LogP contribution in [0, 0.1) is 0 Å². The van der Waals surface area contributed by atoms with Gasteiger partial charge in [-0.2, -0.15) is 4.31 Å². The van der Waals surface area contributed by atoms with E-state index in [1.165, 1.54) is 14.2 Å². The average Bonchev–Trinajstić information content (AvgIpc) is 2.38. The lowest BCUT2D eigenvalue weighted by Crippen LogP contribution is -2.32. The summed E-state index contributed by atoms with van der Waals surface area (Å²) in [4.78, 5) is 11.2. The van der Waals surface area contributed by atoms with Gasteiger partial charge in [-0.05, 0) is 24.1 Å². The third-order valence-corrected chi connectivity index (χ3v) is 4.44. The van der Waals surface area contributed by atoms with Crippen LogP contribution in [0.3, 0.4) is 0 Å². The number of hydrogen-bond acceptors (Lipinski definition) is 4. The summed E-state index contributed by atoms with van der Waals surface area (Å²) < 4.78 is 29.6. The van der Waals surface area contributed by atoms with E-state index in [4.69, 9.17) is 0 Å². The minimum atomic E-state index is -3.64. The van der Waals surface area contributed by atoms with Crippen molar-refractivity contribution in [2.75, 3.05) is 20.7 Å². The van der Waals surface area contributed by atoms with Gasteiger partial charge in [-0.25, -0.2) is 8.42 Å². The number of rotatable bonds is 5. The van der Waals surface area contributed by atoms with Crippen LogP contribution in [-0.2, 0) is 26.0 Å². The molecule has 0 bridgehead atoms. The molecule has 6 heteroatoms. The molecule has 0 saturated carbocycles. The first-order chi connectivity index (χ1) is 8.41. The van der Waals surface area contributed by atoms with Gasteiger partial charge in [0.1, 0.15) is 6.54 Å². The highest BCUT2D eigenvalue weighted by Crippen LogP contribution is 2.15. The van der Waals surface area contributed by atoms with Gasteiger partial charge in [0.05, 0.1) is 12.0 Å². The molecule has 0 saturated heterocycles. The minimum Gasteiger partial charge on any atom is -0.468 e. The Morgan fingerprint density at radius 3 is 2.28 bits per heavy atom. The lowest BCUT2D eigenvalue weighted by molar-refractivity contribution is -0.140. The fourth-order valence-electron chi connectivity index (χ4n) is 1.41. The average molecular weight is 271 g/mol. The van der Waals surface area contributed by atoms with Crippen molar-refractivity contribution in [3.8, 4) is 0 Å². The third kappa shape index (κ3) is 3.30. The molecular weight excluding hydrogens is 254 g/mol. The van der Waals surface area contributed by atoms with Gasteiger partial charge in [0.2, 0.25) is 10.0 Å². The highest BCUT2D eigenvalue weighted by atomic mass is 32.2.